The topological polar surface area (TPSA) is 126 Å². The summed E-state index contributed by atoms with van der Waals surface area (Å²) >= 11 is 1.23. The summed E-state index contributed by atoms with van der Waals surface area (Å²) in [5.74, 6) is -0.0202. The Bertz CT molecular complexity index is 1090. The molecule has 0 saturated carbocycles. The van der Waals surface area contributed by atoms with E-state index >= 15 is 0 Å². The van der Waals surface area contributed by atoms with Gasteiger partial charge in [-0.15, -0.1) is 5.10 Å². The normalized spacial score (nSPS) is 13.8. The first-order valence-corrected chi connectivity index (χ1v) is 10.9. The van der Waals surface area contributed by atoms with Crippen LogP contribution in [0.2, 0.25) is 0 Å². The number of benzene rings is 1. The molecule has 1 saturated heterocycles. The molecule has 0 radical (unpaired) electrons. The van der Waals surface area contributed by atoms with Gasteiger partial charge in [0.05, 0.1) is 12.0 Å². The van der Waals surface area contributed by atoms with Crippen LogP contribution in [-0.2, 0) is 11.8 Å². The number of nitrogens with zero attached hydrogens (tertiary/aromatic N) is 6. The quantitative estimate of drug-likeness (QED) is 0.548. The summed E-state index contributed by atoms with van der Waals surface area (Å²) in [4.78, 5) is 40.7. The van der Waals surface area contributed by atoms with Crippen molar-refractivity contribution in [3.05, 3.63) is 54.0 Å². The molecule has 166 valence electrons. The predicted molar refractivity (Wildman–Crippen MR) is 115 cm³/mol. The average Bonchev–Trinajstić information content (AvgIpc) is 3.49. The zero-order chi connectivity index (χ0) is 22.5. The van der Waals surface area contributed by atoms with Crippen LogP contribution in [0.1, 0.15) is 20.9 Å². The number of piperazine rings is 1. The molecule has 1 aromatic carbocycles. The predicted octanol–water partition coefficient (Wildman–Crippen LogP) is 1.13. The average molecular weight is 456 g/mol. The van der Waals surface area contributed by atoms with Gasteiger partial charge in [-0.2, -0.15) is 0 Å². The van der Waals surface area contributed by atoms with E-state index in [9.17, 15) is 14.4 Å². The third-order valence-corrected chi connectivity index (χ3v) is 5.93. The molecule has 4 rings (SSSR count). The van der Waals surface area contributed by atoms with E-state index in [0.29, 0.717) is 48.3 Å². The Morgan fingerprint density at radius 2 is 1.72 bits per heavy atom. The Morgan fingerprint density at radius 1 is 1.03 bits per heavy atom. The molecule has 2 aromatic heterocycles. The first-order chi connectivity index (χ1) is 15.5. The van der Waals surface area contributed by atoms with Crippen LogP contribution in [0.3, 0.4) is 0 Å². The molecule has 0 aliphatic carbocycles. The molecule has 12 heteroatoms. The summed E-state index contributed by atoms with van der Waals surface area (Å²) in [7, 11) is 1.70. The highest BCUT2D eigenvalue weighted by Gasteiger charge is 2.26. The second kappa shape index (κ2) is 9.64. The van der Waals surface area contributed by atoms with Gasteiger partial charge in [0.2, 0.25) is 11.1 Å². The van der Waals surface area contributed by atoms with E-state index in [0.717, 1.165) is 0 Å². The number of amides is 3. The van der Waals surface area contributed by atoms with Gasteiger partial charge in [-0.1, -0.05) is 11.8 Å². The van der Waals surface area contributed by atoms with Crippen molar-refractivity contribution in [2.24, 2.45) is 7.05 Å². The second-order valence-corrected chi connectivity index (χ2v) is 8.00. The van der Waals surface area contributed by atoms with E-state index in [1.165, 1.54) is 22.7 Å². The largest absolute Gasteiger partial charge is 0.459 e. The molecule has 1 fully saturated rings. The molecular weight excluding hydrogens is 434 g/mol. The zero-order valence-electron chi connectivity index (χ0n) is 17.3. The molecule has 1 N–H and O–H groups in total. The zero-order valence-corrected chi connectivity index (χ0v) is 18.1. The first-order valence-electron chi connectivity index (χ1n) is 9.88. The highest BCUT2D eigenvalue weighted by atomic mass is 32.2. The van der Waals surface area contributed by atoms with Crippen molar-refractivity contribution in [1.29, 1.82) is 0 Å². The van der Waals surface area contributed by atoms with Crippen molar-refractivity contribution in [1.82, 2.24) is 30.0 Å². The molecule has 1 aliphatic rings. The van der Waals surface area contributed by atoms with Gasteiger partial charge in [0, 0.05) is 44.5 Å². The van der Waals surface area contributed by atoms with Crippen molar-refractivity contribution in [2.75, 3.05) is 37.2 Å². The molecule has 32 heavy (non-hydrogen) atoms. The van der Waals surface area contributed by atoms with Gasteiger partial charge >= 0.3 is 0 Å². The number of aryl methyl sites for hydroxylation is 1. The lowest BCUT2D eigenvalue weighted by molar-refractivity contribution is -0.113. The fourth-order valence-electron chi connectivity index (χ4n) is 3.22. The molecule has 3 amide bonds. The number of hydrogen-bond donors (Lipinski definition) is 1. The van der Waals surface area contributed by atoms with Gasteiger partial charge in [0.15, 0.2) is 5.76 Å². The lowest BCUT2D eigenvalue weighted by Gasteiger charge is -2.34. The van der Waals surface area contributed by atoms with Gasteiger partial charge in [0.1, 0.15) is 0 Å². The molecule has 3 aromatic rings. The summed E-state index contributed by atoms with van der Waals surface area (Å²) in [6, 6.07) is 10.0. The summed E-state index contributed by atoms with van der Waals surface area (Å²) in [5.41, 5.74) is 1.12. The number of anilines is 1. The maximum Gasteiger partial charge on any atom is 0.289 e. The maximum absolute atomic E-state index is 12.8. The van der Waals surface area contributed by atoms with Gasteiger partial charge in [-0.05, 0) is 46.8 Å². The molecule has 0 unspecified atom stereocenters. The highest BCUT2D eigenvalue weighted by molar-refractivity contribution is 7.99. The standard InChI is InChI=1S/C20H21N7O4S/c1-25-20(22-23-24-25)32-13-17(28)21-15-6-4-14(5-7-15)18(29)26-8-10-27(11-9-26)19(30)16-3-2-12-31-16/h2-7,12H,8-11,13H2,1H3,(H,21,28). The fourth-order valence-corrected chi connectivity index (χ4v) is 3.87. The number of rotatable bonds is 6. The minimum Gasteiger partial charge on any atom is -0.459 e. The van der Waals surface area contributed by atoms with Gasteiger partial charge < -0.3 is 19.5 Å². The number of furan rings is 1. The second-order valence-electron chi connectivity index (χ2n) is 7.06. The van der Waals surface area contributed by atoms with E-state index in [2.05, 4.69) is 20.8 Å². The molecule has 1 aliphatic heterocycles. The van der Waals surface area contributed by atoms with E-state index in [1.807, 2.05) is 0 Å². The van der Waals surface area contributed by atoms with Crippen LogP contribution in [0.25, 0.3) is 0 Å². The fraction of sp³-hybridized carbons (Fsp3) is 0.300. The first kappa shape index (κ1) is 21.6. The number of carbonyl (C=O) groups excluding carboxylic acids is 3. The van der Waals surface area contributed by atoms with Crippen molar-refractivity contribution in [3.63, 3.8) is 0 Å². The SMILES string of the molecule is Cn1nnnc1SCC(=O)Nc1ccc(C(=O)N2CCN(C(=O)c3ccco3)CC2)cc1. The van der Waals surface area contributed by atoms with Crippen LogP contribution in [0, 0.1) is 0 Å². The van der Waals surface area contributed by atoms with Crippen LogP contribution in [0.5, 0.6) is 0 Å². The third kappa shape index (κ3) is 4.97. The number of aromatic nitrogens is 4. The third-order valence-electron chi connectivity index (χ3n) is 4.92. The molecule has 3 heterocycles. The minimum atomic E-state index is -0.200. The summed E-state index contributed by atoms with van der Waals surface area (Å²) in [6.07, 6.45) is 1.47. The van der Waals surface area contributed by atoms with Crippen molar-refractivity contribution in [2.45, 2.75) is 5.16 Å². The van der Waals surface area contributed by atoms with Crippen molar-refractivity contribution < 1.29 is 18.8 Å². The smallest absolute Gasteiger partial charge is 0.289 e. The van der Waals surface area contributed by atoms with Crippen LogP contribution in [0.15, 0.2) is 52.2 Å². The molecular formula is C20H21N7O4S. The molecule has 0 atom stereocenters. The Hall–Kier alpha value is -3.67. The Kier molecular flexibility index (Phi) is 6.50. The van der Waals surface area contributed by atoms with E-state index in [-0.39, 0.29) is 23.5 Å². The van der Waals surface area contributed by atoms with Gasteiger partial charge in [-0.3, -0.25) is 14.4 Å². The van der Waals surface area contributed by atoms with Crippen LogP contribution in [0.4, 0.5) is 5.69 Å². The lowest BCUT2D eigenvalue weighted by Crippen LogP contribution is -2.50. The van der Waals surface area contributed by atoms with Gasteiger partial charge in [0.25, 0.3) is 11.8 Å². The monoisotopic (exact) mass is 455 g/mol. The number of carbonyl (C=O) groups is 3. The minimum absolute atomic E-state index is 0.113. The summed E-state index contributed by atoms with van der Waals surface area (Å²) in [5, 5.41) is 14.4. The number of hydrogen-bond acceptors (Lipinski definition) is 8. The Balaban J connectivity index is 1.26. The molecule has 0 spiro atoms. The van der Waals surface area contributed by atoms with Crippen molar-refractivity contribution >= 4 is 35.2 Å². The number of thioether (sulfide) groups is 1. The van der Waals surface area contributed by atoms with Crippen LogP contribution in [-0.4, -0.2) is 79.7 Å². The number of tetrazole rings is 1. The maximum atomic E-state index is 12.8. The van der Waals surface area contributed by atoms with E-state index < -0.39 is 0 Å². The summed E-state index contributed by atoms with van der Waals surface area (Å²) in [6.45, 7) is 1.77. The number of nitrogens with one attached hydrogen (secondary N) is 1. The Labute approximate surface area is 187 Å². The van der Waals surface area contributed by atoms with Crippen molar-refractivity contribution in [3.8, 4) is 0 Å². The molecule has 0 bridgehead atoms. The van der Waals surface area contributed by atoms with Crippen LogP contribution < -0.4 is 5.32 Å². The van der Waals surface area contributed by atoms with E-state index in [4.69, 9.17) is 4.42 Å². The van der Waals surface area contributed by atoms with Crippen LogP contribution >= 0.6 is 11.8 Å². The van der Waals surface area contributed by atoms with E-state index in [1.54, 1.807) is 53.2 Å². The highest BCUT2D eigenvalue weighted by Crippen LogP contribution is 2.16. The Morgan fingerprint density at radius 3 is 2.31 bits per heavy atom. The molecule has 11 nitrogen and oxygen atoms in total. The summed E-state index contributed by atoms with van der Waals surface area (Å²) < 4.78 is 6.65. The van der Waals surface area contributed by atoms with Gasteiger partial charge in [-0.25, -0.2) is 4.68 Å². The lowest BCUT2D eigenvalue weighted by atomic mass is 10.1.